The second-order valence-electron chi connectivity index (χ2n) is 5.07. The molecule has 0 aromatic rings. The smallest absolute Gasteiger partial charge is 0.0802 e. The molecule has 0 nitrogen and oxygen atoms in total. The molecule has 0 saturated heterocycles. The minimum absolute atomic E-state index is 0.448. The Balaban J connectivity index is 2.92. The highest BCUT2D eigenvalue weighted by molar-refractivity contribution is 6.87. The van der Waals surface area contributed by atoms with Gasteiger partial charge in [-0.05, 0) is 17.5 Å². The molecule has 1 rings (SSSR count). The summed E-state index contributed by atoms with van der Waals surface area (Å²) in [7, 11) is -1.25. The molecule has 0 saturated carbocycles. The average molecular weight is 179 g/mol. The highest BCUT2D eigenvalue weighted by Crippen LogP contribution is 2.41. The molecule has 0 unspecified atom stereocenters. The van der Waals surface area contributed by atoms with E-state index in [0.29, 0.717) is 5.04 Å². The lowest BCUT2D eigenvalue weighted by atomic mass is 10.2. The molecule has 1 radical (unpaired) electrons. The first-order valence-electron chi connectivity index (χ1n) is 4.63. The van der Waals surface area contributed by atoms with Crippen molar-refractivity contribution >= 4 is 8.07 Å². The average Bonchev–Trinajstić information content (AvgIpc) is 2.34. The number of hydrogen-bond donors (Lipinski definition) is 0. The van der Waals surface area contributed by atoms with Crippen molar-refractivity contribution < 1.29 is 0 Å². The molecular formula is C11H19Si. The molecule has 0 amide bonds. The van der Waals surface area contributed by atoms with Gasteiger partial charge in [0.05, 0.1) is 8.07 Å². The monoisotopic (exact) mass is 179 g/mol. The van der Waals surface area contributed by atoms with Crippen LogP contribution in [-0.4, -0.2) is 8.07 Å². The topological polar surface area (TPSA) is 0 Å². The second-order valence-corrected chi connectivity index (χ2v) is 10.4. The van der Waals surface area contributed by atoms with Gasteiger partial charge in [0.25, 0.3) is 0 Å². The SMILES string of the molecule is CC(C)(C)[Si](C)(C)C1=[C]CC=C1. The van der Waals surface area contributed by atoms with Crippen molar-refractivity contribution in [3.8, 4) is 0 Å². The zero-order chi connectivity index (χ0) is 9.41. The summed E-state index contributed by atoms with van der Waals surface area (Å²) in [6, 6.07) is 0. The first-order valence-corrected chi connectivity index (χ1v) is 7.63. The molecule has 0 aliphatic heterocycles. The molecule has 0 aromatic carbocycles. The first kappa shape index (κ1) is 9.78. The van der Waals surface area contributed by atoms with Crippen LogP contribution >= 0.6 is 0 Å². The third-order valence-corrected chi connectivity index (χ3v) is 8.68. The third-order valence-electron chi connectivity index (χ3n) is 3.24. The Morgan fingerprint density at radius 1 is 1.33 bits per heavy atom. The van der Waals surface area contributed by atoms with Gasteiger partial charge >= 0.3 is 0 Å². The van der Waals surface area contributed by atoms with Crippen LogP contribution in [0, 0.1) is 6.08 Å². The summed E-state index contributed by atoms with van der Waals surface area (Å²) in [5.74, 6) is 0. The van der Waals surface area contributed by atoms with E-state index >= 15 is 0 Å². The lowest BCUT2D eigenvalue weighted by molar-refractivity contribution is 0.726. The van der Waals surface area contributed by atoms with Crippen molar-refractivity contribution in [2.75, 3.05) is 0 Å². The summed E-state index contributed by atoms with van der Waals surface area (Å²) in [4.78, 5) is 0. The van der Waals surface area contributed by atoms with Gasteiger partial charge in [0.1, 0.15) is 0 Å². The molecule has 0 atom stereocenters. The van der Waals surface area contributed by atoms with Crippen LogP contribution in [0.5, 0.6) is 0 Å². The molecule has 12 heavy (non-hydrogen) atoms. The molecule has 0 heterocycles. The lowest BCUT2D eigenvalue weighted by Gasteiger charge is -2.37. The molecule has 0 spiro atoms. The lowest BCUT2D eigenvalue weighted by Crippen LogP contribution is -2.38. The Morgan fingerprint density at radius 2 is 1.92 bits per heavy atom. The molecule has 0 fully saturated rings. The maximum Gasteiger partial charge on any atom is 0.0862 e. The van der Waals surface area contributed by atoms with Crippen LogP contribution < -0.4 is 0 Å². The summed E-state index contributed by atoms with van der Waals surface area (Å²) in [5.41, 5.74) is 0. The van der Waals surface area contributed by atoms with Crippen molar-refractivity contribution in [1.29, 1.82) is 0 Å². The molecule has 1 aliphatic rings. The minimum Gasteiger partial charge on any atom is -0.0802 e. The fraction of sp³-hybridized carbons (Fsp3) is 0.636. The normalized spacial score (nSPS) is 18.2. The van der Waals surface area contributed by atoms with Gasteiger partial charge in [-0.15, -0.1) is 0 Å². The van der Waals surface area contributed by atoms with Crippen LogP contribution in [0.4, 0.5) is 0 Å². The number of hydrogen-bond acceptors (Lipinski definition) is 0. The number of allylic oxidation sites excluding steroid dienone is 4. The van der Waals surface area contributed by atoms with Crippen molar-refractivity contribution in [3.63, 3.8) is 0 Å². The van der Waals surface area contributed by atoms with Crippen molar-refractivity contribution in [2.45, 2.75) is 45.3 Å². The largest absolute Gasteiger partial charge is 0.0862 e. The maximum absolute atomic E-state index is 3.47. The van der Waals surface area contributed by atoms with E-state index < -0.39 is 8.07 Å². The Morgan fingerprint density at radius 3 is 2.25 bits per heavy atom. The minimum atomic E-state index is -1.25. The second kappa shape index (κ2) is 2.88. The van der Waals surface area contributed by atoms with Crippen LogP contribution in [0.15, 0.2) is 17.3 Å². The Labute approximate surface area is 77.4 Å². The van der Waals surface area contributed by atoms with Crippen LogP contribution in [0.1, 0.15) is 27.2 Å². The first-order chi connectivity index (χ1) is 5.36. The predicted molar refractivity (Wildman–Crippen MR) is 57.7 cm³/mol. The Kier molecular flexibility index (Phi) is 2.35. The molecule has 0 aromatic heterocycles. The van der Waals surface area contributed by atoms with E-state index in [1.54, 1.807) is 0 Å². The molecule has 67 valence electrons. The van der Waals surface area contributed by atoms with E-state index in [2.05, 4.69) is 52.1 Å². The van der Waals surface area contributed by atoms with Crippen LogP contribution in [0.3, 0.4) is 0 Å². The summed E-state index contributed by atoms with van der Waals surface area (Å²) >= 11 is 0. The summed E-state index contributed by atoms with van der Waals surface area (Å²) in [5, 5.41) is 1.96. The van der Waals surface area contributed by atoms with Gasteiger partial charge in [-0.3, -0.25) is 0 Å². The zero-order valence-electron chi connectivity index (χ0n) is 8.86. The summed E-state index contributed by atoms with van der Waals surface area (Å²) in [6.07, 6.45) is 8.99. The summed E-state index contributed by atoms with van der Waals surface area (Å²) in [6.45, 7) is 11.9. The predicted octanol–water partition coefficient (Wildman–Crippen LogP) is 3.72. The standard InChI is InChI=1S/C11H19Si/c1-11(2,3)12(4,5)10-8-6-7-9-10/h6,8H,7H2,1-5H3. The molecular weight excluding hydrogens is 160 g/mol. The quantitative estimate of drug-likeness (QED) is 0.538. The van der Waals surface area contributed by atoms with Gasteiger partial charge < -0.3 is 0 Å². The maximum atomic E-state index is 3.47. The highest BCUT2D eigenvalue weighted by Gasteiger charge is 2.37. The molecule has 1 aliphatic carbocycles. The fourth-order valence-corrected chi connectivity index (χ4v) is 3.12. The van der Waals surface area contributed by atoms with E-state index in [1.807, 2.05) is 0 Å². The van der Waals surface area contributed by atoms with Gasteiger partial charge in [0.15, 0.2) is 0 Å². The Bertz CT molecular complexity index is 226. The van der Waals surface area contributed by atoms with Gasteiger partial charge in [0.2, 0.25) is 0 Å². The van der Waals surface area contributed by atoms with Gasteiger partial charge in [-0.2, -0.15) is 0 Å². The van der Waals surface area contributed by atoms with Crippen molar-refractivity contribution in [2.24, 2.45) is 0 Å². The van der Waals surface area contributed by atoms with Gasteiger partial charge in [0, 0.05) is 0 Å². The van der Waals surface area contributed by atoms with E-state index in [1.165, 1.54) is 5.20 Å². The van der Waals surface area contributed by atoms with Crippen molar-refractivity contribution in [3.05, 3.63) is 23.4 Å². The number of rotatable bonds is 1. The van der Waals surface area contributed by atoms with E-state index in [9.17, 15) is 0 Å². The molecule has 1 heteroatoms. The van der Waals surface area contributed by atoms with Gasteiger partial charge in [-0.25, -0.2) is 0 Å². The van der Waals surface area contributed by atoms with Crippen LogP contribution in [0.25, 0.3) is 0 Å². The molecule has 0 bridgehead atoms. The highest BCUT2D eigenvalue weighted by atomic mass is 28.3. The van der Waals surface area contributed by atoms with Gasteiger partial charge in [-0.1, -0.05) is 51.2 Å². The Hall–Kier alpha value is -0.303. The summed E-state index contributed by atoms with van der Waals surface area (Å²) < 4.78 is 0. The van der Waals surface area contributed by atoms with Crippen LogP contribution in [-0.2, 0) is 0 Å². The van der Waals surface area contributed by atoms with E-state index in [4.69, 9.17) is 0 Å². The third kappa shape index (κ3) is 1.56. The van der Waals surface area contributed by atoms with E-state index in [0.717, 1.165) is 6.42 Å². The fourth-order valence-electron chi connectivity index (χ4n) is 1.24. The zero-order valence-corrected chi connectivity index (χ0v) is 9.86. The van der Waals surface area contributed by atoms with E-state index in [-0.39, 0.29) is 0 Å². The van der Waals surface area contributed by atoms with Crippen molar-refractivity contribution in [1.82, 2.24) is 0 Å². The van der Waals surface area contributed by atoms with Crippen LogP contribution in [0.2, 0.25) is 18.1 Å². The molecule has 0 N–H and O–H groups in total.